The van der Waals surface area contributed by atoms with Gasteiger partial charge in [-0.25, -0.2) is 4.98 Å². The normalized spacial score (nSPS) is 12.0. The summed E-state index contributed by atoms with van der Waals surface area (Å²) in [7, 11) is 0. The lowest BCUT2D eigenvalue weighted by Crippen LogP contribution is -2.32. The predicted molar refractivity (Wildman–Crippen MR) is 109 cm³/mol. The maximum Gasteiger partial charge on any atom is 0.227 e. The third kappa shape index (κ3) is 4.09. The van der Waals surface area contributed by atoms with Gasteiger partial charge in [-0.2, -0.15) is 0 Å². The van der Waals surface area contributed by atoms with Gasteiger partial charge in [-0.1, -0.05) is 42.5 Å². The zero-order chi connectivity index (χ0) is 19.2. The Morgan fingerprint density at radius 2 is 1.79 bits per heavy atom. The van der Waals surface area contributed by atoms with Crippen molar-refractivity contribution in [1.29, 1.82) is 0 Å². The number of fused-ring (bicyclic) bond motifs is 1. The van der Waals surface area contributed by atoms with Crippen LogP contribution in [0.1, 0.15) is 23.0 Å². The van der Waals surface area contributed by atoms with Gasteiger partial charge in [0.2, 0.25) is 5.91 Å². The van der Waals surface area contributed by atoms with Gasteiger partial charge in [0.15, 0.2) is 0 Å². The zero-order valence-electron chi connectivity index (χ0n) is 15.5. The van der Waals surface area contributed by atoms with Crippen molar-refractivity contribution in [2.75, 3.05) is 6.54 Å². The number of nitrogens with one attached hydrogen (secondary N) is 1. The van der Waals surface area contributed by atoms with Crippen LogP contribution < -0.4 is 5.32 Å². The van der Waals surface area contributed by atoms with Gasteiger partial charge in [-0.15, -0.1) is 0 Å². The molecular formula is C23H22N4O. The lowest BCUT2D eigenvalue weighted by molar-refractivity contribution is -0.122. The number of imidazole rings is 1. The van der Waals surface area contributed by atoms with Gasteiger partial charge in [0.25, 0.3) is 0 Å². The van der Waals surface area contributed by atoms with E-state index in [2.05, 4.69) is 19.7 Å². The first-order valence-corrected chi connectivity index (χ1v) is 9.45. The van der Waals surface area contributed by atoms with Crippen LogP contribution in [-0.2, 0) is 17.6 Å². The minimum atomic E-state index is -0.270. The summed E-state index contributed by atoms with van der Waals surface area (Å²) in [6.07, 6.45) is 6.86. The topological polar surface area (TPSA) is 59.3 Å². The summed E-state index contributed by atoms with van der Waals surface area (Å²) in [4.78, 5) is 21.8. The van der Waals surface area contributed by atoms with Gasteiger partial charge in [-0.3, -0.25) is 9.78 Å². The number of hydrogen-bond acceptors (Lipinski definition) is 3. The van der Waals surface area contributed by atoms with E-state index in [9.17, 15) is 4.79 Å². The second kappa shape index (κ2) is 8.48. The minimum Gasteiger partial charge on any atom is -0.355 e. The molecule has 5 nitrogen and oxygen atoms in total. The van der Waals surface area contributed by atoms with E-state index in [1.54, 1.807) is 6.20 Å². The smallest absolute Gasteiger partial charge is 0.227 e. The van der Waals surface area contributed by atoms with E-state index >= 15 is 0 Å². The number of amides is 1. The molecule has 5 heteroatoms. The summed E-state index contributed by atoms with van der Waals surface area (Å²) >= 11 is 0. The molecule has 1 unspecified atom stereocenters. The van der Waals surface area contributed by atoms with Gasteiger partial charge in [0.05, 0.1) is 17.6 Å². The Morgan fingerprint density at radius 1 is 0.964 bits per heavy atom. The molecule has 28 heavy (non-hydrogen) atoms. The summed E-state index contributed by atoms with van der Waals surface area (Å²) in [6.45, 7) is 0.540. The van der Waals surface area contributed by atoms with Gasteiger partial charge < -0.3 is 9.72 Å². The van der Waals surface area contributed by atoms with Gasteiger partial charge in [0, 0.05) is 37.5 Å². The van der Waals surface area contributed by atoms with Crippen molar-refractivity contribution < 1.29 is 4.79 Å². The van der Waals surface area contributed by atoms with Crippen LogP contribution in [-0.4, -0.2) is 26.8 Å². The Balaban J connectivity index is 1.45. The molecule has 1 atom stereocenters. The number of benzene rings is 1. The maximum absolute atomic E-state index is 13.0. The molecule has 1 N–H and O–H groups in total. The van der Waals surface area contributed by atoms with Crippen LogP contribution in [0.15, 0.2) is 85.3 Å². The summed E-state index contributed by atoms with van der Waals surface area (Å²) in [5.41, 5.74) is 2.96. The fourth-order valence-corrected chi connectivity index (χ4v) is 3.38. The van der Waals surface area contributed by atoms with Gasteiger partial charge >= 0.3 is 0 Å². The molecule has 0 aliphatic heterocycles. The Bertz CT molecular complexity index is 1040. The Hall–Kier alpha value is -3.47. The van der Waals surface area contributed by atoms with E-state index in [0.29, 0.717) is 19.4 Å². The van der Waals surface area contributed by atoms with Crippen LogP contribution in [0.3, 0.4) is 0 Å². The number of carbonyl (C=O) groups excluding carboxylic acids is 1. The van der Waals surface area contributed by atoms with Crippen molar-refractivity contribution in [2.45, 2.75) is 18.8 Å². The molecule has 4 aromatic rings. The second-order valence-electron chi connectivity index (χ2n) is 6.70. The van der Waals surface area contributed by atoms with E-state index in [1.807, 2.05) is 79.1 Å². The maximum atomic E-state index is 13.0. The third-order valence-corrected chi connectivity index (χ3v) is 4.82. The van der Waals surface area contributed by atoms with E-state index < -0.39 is 0 Å². The summed E-state index contributed by atoms with van der Waals surface area (Å²) in [5.74, 6) is 0.683. The molecule has 1 amide bonds. The number of rotatable bonds is 7. The molecular weight excluding hydrogens is 348 g/mol. The van der Waals surface area contributed by atoms with Crippen LogP contribution in [0, 0.1) is 0 Å². The number of pyridine rings is 2. The second-order valence-corrected chi connectivity index (χ2v) is 6.70. The highest BCUT2D eigenvalue weighted by Gasteiger charge is 2.21. The molecule has 0 saturated heterocycles. The molecule has 0 aliphatic carbocycles. The number of aromatic nitrogens is 3. The average molecular weight is 370 g/mol. The van der Waals surface area contributed by atoms with Gasteiger partial charge in [-0.05, 0) is 29.8 Å². The van der Waals surface area contributed by atoms with Crippen molar-refractivity contribution in [2.24, 2.45) is 0 Å². The highest BCUT2D eigenvalue weighted by atomic mass is 16.1. The Morgan fingerprint density at radius 3 is 2.61 bits per heavy atom. The van der Waals surface area contributed by atoms with Crippen LogP contribution >= 0.6 is 0 Å². The van der Waals surface area contributed by atoms with Crippen molar-refractivity contribution in [3.8, 4) is 0 Å². The molecule has 3 aromatic heterocycles. The highest BCUT2D eigenvalue weighted by Crippen LogP contribution is 2.20. The lowest BCUT2D eigenvalue weighted by Gasteiger charge is -2.17. The summed E-state index contributed by atoms with van der Waals surface area (Å²) < 4.78 is 2.05. The fraction of sp³-hybridized carbons (Fsp3) is 0.174. The molecule has 4 rings (SSSR count). The van der Waals surface area contributed by atoms with E-state index in [1.165, 1.54) is 0 Å². The molecule has 0 radical (unpaired) electrons. The largest absolute Gasteiger partial charge is 0.355 e. The Labute approximate surface area is 164 Å². The number of carbonyl (C=O) groups is 1. The first kappa shape index (κ1) is 17.9. The molecule has 0 bridgehead atoms. The molecule has 3 heterocycles. The monoisotopic (exact) mass is 370 g/mol. The van der Waals surface area contributed by atoms with E-state index in [0.717, 1.165) is 22.6 Å². The standard InChI is InChI=1S/C23H22N4O/c28-23(25-14-12-22-26-17-20-11-5-7-15-27(20)22)21(18-8-2-1-3-9-18)16-19-10-4-6-13-24-19/h1-11,13,15,17,21H,12,14,16H2,(H,25,28). The number of nitrogens with zero attached hydrogens (tertiary/aromatic N) is 3. The highest BCUT2D eigenvalue weighted by molar-refractivity contribution is 5.83. The Kier molecular flexibility index (Phi) is 5.43. The van der Waals surface area contributed by atoms with Crippen molar-refractivity contribution in [1.82, 2.24) is 19.7 Å². The van der Waals surface area contributed by atoms with Crippen molar-refractivity contribution in [3.63, 3.8) is 0 Å². The van der Waals surface area contributed by atoms with Gasteiger partial charge in [0.1, 0.15) is 5.82 Å². The molecule has 140 valence electrons. The molecule has 0 aliphatic rings. The number of hydrogen-bond donors (Lipinski definition) is 1. The van der Waals surface area contributed by atoms with Crippen LogP contribution in [0.25, 0.3) is 5.52 Å². The summed E-state index contributed by atoms with van der Waals surface area (Å²) in [5, 5.41) is 3.08. The molecule has 0 spiro atoms. The molecule has 1 aromatic carbocycles. The van der Waals surface area contributed by atoms with Crippen LogP contribution in [0.2, 0.25) is 0 Å². The third-order valence-electron chi connectivity index (χ3n) is 4.82. The lowest BCUT2D eigenvalue weighted by atomic mass is 9.93. The molecule has 0 fully saturated rings. The first-order chi connectivity index (χ1) is 13.8. The average Bonchev–Trinajstić information content (AvgIpc) is 3.16. The van der Waals surface area contributed by atoms with E-state index in [4.69, 9.17) is 0 Å². The fourth-order valence-electron chi connectivity index (χ4n) is 3.38. The predicted octanol–water partition coefficient (Wildman–Crippen LogP) is 3.41. The SMILES string of the molecule is O=C(NCCc1ncc2ccccn12)C(Cc1ccccn1)c1ccccc1. The zero-order valence-corrected chi connectivity index (χ0v) is 15.5. The quantitative estimate of drug-likeness (QED) is 0.542. The minimum absolute atomic E-state index is 0.0118. The molecule has 0 saturated carbocycles. The summed E-state index contributed by atoms with van der Waals surface area (Å²) in [6, 6.07) is 21.7. The first-order valence-electron chi connectivity index (χ1n) is 9.45. The van der Waals surface area contributed by atoms with Crippen LogP contribution in [0.4, 0.5) is 0 Å². The van der Waals surface area contributed by atoms with E-state index in [-0.39, 0.29) is 11.8 Å². The van der Waals surface area contributed by atoms with Crippen molar-refractivity contribution in [3.05, 3.63) is 102 Å². The van der Waals surface area contributed by atoms with Crippen molar-refractivity contribution >= 4 is 11.4 Å². The van der Waals surface area contributed by atoms with Crippen LogP contribution in [0.5, 0.6) is 0 Å².